The van der Waals surface area contributed by atoms with Gasteiger partial charge in [-0.1, -0.05) is 36.4 Å². The second-order valence-corrected chi connectivity index (χ2v) is 13.1. The molecule has 0 spiro atoms. The van der Waals surface area contributed by atoms with Crippen LogP contribution in [0.5, 0.6) is 0 Å². The van der Waals surface area contributed by atoms with Gasteiger partial charge in [-0.3, -0.25) is 38.4 Å². The number of nitrogens with one attached hydrogen (secondary N) is 6. The van der Waals surface area contributed by atoms with Gasteiger partial charge in [0.15, 0.2) is 0 Å². The Balaban J connectivity index is 1.16. The highest BCUT2D eigenvalue weighted by Crippen LogP contribution is 2.18. The number of ether oxygens (including phenoxy) is 2. The number of benzene rings is 2. The molecule has 4 aromatic rings. The third-order valence-electron chi connectivity index (χ3n) is 7.83. The zero-order valence-electron chi connectivity index (χ0n) is 33.3. The Morgan fingerprint density at radius 1 is 0.483 bits per heavy atom. The van der Waals surface area contributed by atoms with Crippen LogP contribution in [-0.4, -0.2) is 70.4 Å². The smallest absolute Gasteiger partial charge is 0.307 e. The minimum atomic E-state index is -0.568. The van der Waals surface area contributed by atoms with Gasteiger partial charge in [0.05, 0.1) is 12.8 Å². The molecule has 2 aromatic carbocycles. The molecule has 2 aromatic heterocycles. The highest BCUT2D eigenvalue weighted by Gasteiger charge is 2.13. The van der Waals surface area contributed by atoms with E-state index in [0.717, 1.165) is 11.1 Å². The summed E-state index contributed by atoms with van der Waals surface area (Å²) in [4.78, 5) is 104. The van der Waals surface area contributed by atoms with Gasteiger partial charge >= 0.3 is 11.9 Å². The van der Waals surface area contributed by atoms with Crippen molar-refractivity contribution < 1.29 is 47.8 Å². The molecule has 0 bridgehead atoms. The van der Waals surface area contributed by atoms with Crippen LogP contribution in [-0.2, 0) is 51.5 Å². The fourth-order valence-corrected chi connectivity index (χ4v) is 5.23. The fourth-order valence-electron chi connectivity index (χ4n) is 5.23. The zero-order valence-corrected chi connectivity index (χ0v) is 33.3. The minimum absolute atomic E-state index is 0.0326. The molecular weight excluding hydrogens is 777 g/mol. The number of pyridine rings is 2. The summed E-state index contributed by atoms with van der Waals surface area (Å²) in [5, 5.41) is 15.5. The van der Waals surface area contributed by atoms with Gasteiger partial charge in [-0.2, -0.15) is 0 Å². The molecule has 312 valence electrons. The van der Waals surface area contributed by atoms with E-state index >= 15 is 0 Å². The van der Waals surface area contributed by atoms with Crippen LogP contribution >= 0.6 is 0 Å². The lowest BCUT2D eigenvalue weighted by atomic mass is 10.1. The molecule has 0 unspecified atom stereocenters. The Labute approximate surface area is 344 Å². The molecule has 6 N–H and O–H groups in total. The fraction of sp³-hybridized carbons (Fsp3) is 0.238. The van der Waals surface area contributed by atoms with Gasteiger partial charge in [-0.05, 0) is 70.8 Å². The second kappa shape index (κ2) is 22.3. The van der Waals surface area contributed by atoms with E-state index in [-0.39, 0.29) is 97.9 Å². The first kappa shape index (κ1) is 44.9. The Hall–Kier alpha value is -7.76. The molecule has 0 aliphatic heterocycles. The second-order valence-electron chi connectivity index (χ2n) is 13.1. The van der Waals surface area contributed by atoms with E-state index in [1.165, 1.54) is 52.0 Å². The average Bonchev–Trinajstić information content (AvgIpc) is 3.17. The molecule has 0 aliphatic rings. The number of rotatable bonds is 18. The lowest BCUT2D eigenvalue weighted by Gasteiger charge is -2.10. The minimum Gasteiger partial charge on any atom is -0.461 e. The van der Waals surface area contributed by atoms with E-state index in [0.29, 0.717) is 22.3 Å². The van der Waals surface area contributed by atoms with Crippen LogP contribution in [0.15, 0.2) is 72.8 Å². The molecule has 0 saturated heterocycles. The van der Waals surface area contributed by atoms with E-state index in [2.05, 4.69) is 41.9 Å². The largest absolute Gasteiger partial charge is 0.461 e. The summed E-state index contributed by atoms with van der Waals surface area (Å²) in [7, 11) is 0. The number of amides is 6. The third-order valence-corrected chi connectivity index (χ3v) is 7.83. The lowest BCUT2D eigenvalue weighted by Crippen LogP contribution is -2.26. The maximum Gasteiger partial charge on any atom is 0.307 e. The highest BCUT2D eigenvalue weighted by molar-refractivity contribution is 5.96. The summed E-state index contributed by atoms with van der Waals surface area (Å²) in [6.07, 6.45) is 3.50. The number of anilines is 4. The van der Waals surface area contributed by atoms with Gasteiger partial charge in [0.1, 0.15) is 36.5 Å². The number of aromatic nitrogens is 2. The highest BCUT2D eigenvalue weighted by atomic mass is 16.5. The van der Waals surface area contributed by atoms with Crippen molar-refractivity contribution in [2.24, 2.45) is 0 Å². The summed E-state index contributed by atoms with van der Waals surface area (Å²) in [5.41, 5.74) is 3.38. The SMILES string of the molecule is CC(=O)Nc1cc(COC(=O)CCNC(=O)c2ccc(/C=C/c3ccc(C(=O)NCCC(=O)OCc4cc(NC(C)=O)nc(NC(C)=O)c4)cc3)cc2)cc(NC(C)=O)n1. The quantitative estimate of drug-likeness (QED) is 0.0610. The first-order valence-electron chi connectivity index (χ1n) is 18.5. The van der Waals surface area contributed by atoms with Gasteiger partial charge in [0, 0.05) is 51.9 Å². The van der Waals surface area contributed by atoms with Crippen LogP contribution in [0.4, 0.5) is 23.3 Å². The maximum atomic E-state index is 12.7. The van der Waals surface area contributed by atoms with E-state index in [1.807, 2.05) is 12.2 Å². The normalized spacial score (nSPS) is 10.5. The molecule has 4 rings (SSSR count). The van der Waals surface area contributed by atoms with E-state index in [9.17, 15) is 38.4 Å². The lowest BCUT2D eigenvalue weighted by molar-refractivity contribution is -0.145. The van der Waals surface area contributed by atoms with Crippen molar-refractivity contribution in [3.63, 3.8) is 0 Å². The summed E-state index contributed by atoms with van der Waals surface area (Å²) in [6, 6.07) is 19.7. The van der Waals surface area contributed by atoms with Gasteiger partial charge in [0.2, 0.25) is 23.6 Å². The van der Waals surface area contributed by atoms with Crippen molar-refractivity contribution in [3.8, 4) is 0 Å². The molecule has 18 heteroatoms. The molecule has 60 heavy (non-hydrogen) atoms. The number of hydrogen-bond acceptors (Lipinski definition) is 12. The number of hydrogen-bond donors (Lipinski definition) is 6. The standard InChI is InChI=1S/C42H44N8O10/c1-25(51)45-35-19-31(20-36(49-35)46-26(2)52)23-59-39(55)15-17-43-41(57)33-11-7-29(8-12-33)5-6-30-9-13-34(14-10-30)42(58)44-18-16-40(56)60-24-32-21-37(47-27(3)53)50-38(22-32)48-28(4)54/h5-14,19-22H,15-18,23-24H2,1-4H3,(H,43,57)(H,44,58)(H2,45,46,49,51,52)(H2,47,48,50,53,54)/b6-5+. The Bertz CT molecular complexity index is 2050. The van der Waals surface area contributed by atoms with Crippen molar-refractivity contribution in [2.45, 2.75) is 53.8 Å². The number of nitrogens with zero attached hydrogens (tertiary/aromatic N) is 2. The summed E-state index contributed by atoms with van der Waals surface area (Å²) < 4.78 is 10.6. The van der Waals surface area contributed by atoms with Gasteiger partial charge in [-0.15, -0.1) is 0 Å². The molecule has 0 aliphatic carbocycles. The van der Waals surface area contributed by atoms with Gasteiger partial charge in [-0.25, -0.2) is 9.97 Å². The van der Waals surface area contributed by atoms with Crippen molar-refractivity contribution in [1.82, 2.24) is 20.6 Å². The Morgan fingerprint density at radius 3 is 1.07 bits per heavy atom. The van der Waals surface area contributed by atoms with Crippen LogP contribution in [0.25, 0.3) is 12.2 Å². The van der Waals surface area contributed by atoms with Crippen molar-refractivity contribution in [3.05, 3.63) is 106 Å². The maximum absolute atomic E-state index is 12.7. The van der Waals surface area contributed by atoms with E-state index in [4.69, 9.17) is 9.47 Å². The van der Waals surface area contributed by atoms with Crippen LogP contribution in [0.3, 0.4) is 0 Å². The van der Waals surface area contributed by atoms with Crippen molar-refractivity contribution in [1.29, 1.82) is 0 Å². The molecule has 0 atom stereocenters. The number of carbonyl (C=O) groups is 8. The topological polar surface area (TPSA) is 253 Å². The predicted octanol–water partition coefficient (Wildman–Crippen LogP) is 4.21. The van der Waals surface area contributed by atoms with Gasteiger partial charge < -0.3 is 41.4 Å². The summed E-state index contributed by atoms with van der Waals surface area (Å²) in [6.45, 7) is 5.02. The number of carbonyl (C=O) groups excluding carboxylic acids is 8. The molecule has 0 fully saturated rings. The molecule has 0 saturated carbocycles. The first-order chi connectivity index (χ1) is 28.6. The molecular formula is C42H44N8O10. The Morgan fingerprint density at radius 2 is 0.783 bits per heavy atom. The van der Waals surface area contributed by atoms with Crippen LogP contribution in [0.2, 0.25) is 0 Å². The molecule has 2 heterocycles. The molecule has 6 amide bonds. The summed E-state index contributed by atoms with van der Waals surface area (Å²) in [5.74, 6) is -2.59. The van der Waals surface area contributed by atoms with Gasteiger partial charge in [0.25, 0.3) is 11.8 Å². The Kier molecular flexibility index (Phi) is 16.7. The van der Waals surface area contributed by atoms with Crippen molar-refractivity contribution in [2.75, 3.05) is 34.4 Å². The number of esters is 2. The predicted molar refractivity (Wildman–Crippen MR) is 221 cm³/mol. The third kappa shape index (κ3) is 16.0. The van der Waals surface area contributed by atoms with Crippen LogP contribution < -0.4 is 31.9 Å². The first-order valence-corrected chi connectivity index (χ1v) is 18.5. The molecule has 0 radical (unpaired) electrons. The van der Waals surface area contributed by atoms with Crippen molar-refractivity contribution >= 4 is 82.8 Å². The monoisotopic (exact) mass is 820 g/mol. The zero-order chi connectivity index (χ0) is 43.6. The van der Waals surface area contributed by atoms with Crippen LogP contribution in [0.1, 0.15) is 83.5 Å². The summed E-state index contributed by atoms with van der Waals surface area (Å²) >= 11 is 0. The average molecular weight is 821 g/mol. The van der Waals surface area contributed by atoms with E-state index in [1.54, 1.807) is 48.5 Å². The van der Waals surface area contributed by atoms with E-state index < -0.39 is 11.9 Å². The molecule has 18 nitrogen and oxygen atoms in total. The van der Waals surface area contributed by atoms with Crippen LogP contribution in [0, 0.1) is 0 Å².